The highest BCUT2D eigenvalue weighted by atomic mass is 32.1. The van der Waals surface area contributed by atoms with E-state index in [1.54, 1.807) is 25.6 Å². The molecular formula is C20H25NO4S. The van der Waals surface area contributed by atoms with Crippen LogP contribution >= 0.6 is 11.3 Å². The first-order chi connectivity index (χ1) is 12.3. The van der Waals surface area contributed by atoms with E-state index in [1.807, 2.05) is 12.1 Å². The highest BCUT2D eigenvalue weighted by Crippen LogP contribution is 2.47. The number of hydrogen-bond acceptors (Lipinski definition) is 5. The summed E-state index contributed by atoms with van der Waals surface area (Å²) in [4.78, 5) is 14.1. The van der Waals surface area contributed by atoms with Crippen molar-refractivity contribution in [2.75, 3.05) is 14.2 Å². The van der Waals surface area contributed by atoms with Crippen molar-refractivity contribution in [3.8, 4) is 21.9 Å². The molecule has 6 heteroatoms. The van der Waals surface area contributed by atoms with Crippen LogP contribution in [0.5, 0.6) is 11.5 Å². The maximum absolute atomic E-state index is 12.1. The average molecular weight is 375 g/mol. The van der Waals surface area contributed by atoms with Gasteiger partial charge in [-0.15, -0.1) is 11.3 Å². The van der Waals surface area contributed by atoms with Gasteiger partial charge in [-0.25, -0.2) is 4.79 Å². The Morgan fingerprint density at radius 2 is 1.92 bits per heavy atom. The molecule has 140 valence electrons. The number of benzene rings is 1. The number of methoxy groups -OCH3 is 2. The molecule has 1 aromatic carbocycles. The van der Waals surface area contributed by atoms with Crippen LogP contribution in [0.2, 0.25) is 0 Å². The summed E-state index contributed by atoms with van der Waals surface area (Å²) in [5.74, 6) is 0.284. The van der Waals surface area contributed by atoms with Gasteiger partial charge < -0.3 is 20.3 Å². The Balaban J connectivity index is 2.25. The fraction of sp³-hybridized carbons (Fsp3) is 0.450. The first-order valence-electron chi connectivity index (χ1n) is 8.64. The zero-order valence-electron chi connectivity index (χ0n) is 15.6. The Labute approximate surface area is 157 Å². The third kappa shape index (κ3) is 3.19. The van der Waals surface area contributed by atoms with E-state index < -0.39 is 5.97 Å². The van der Waals surface area contributed by atoms with E-state index in [0.29, 0.717) is 23.6 Å². The summed E-state index contributed by atoms with van der Waals surface area (Å²) in [7, 11) is 3.15. The van der Waals surface area contributed by atoms with Gasteiger partial charge in [0.2, 0.25) is 0 Å². The molecule has 5 nitrogen and oxygen atoms in total. The Kier molecular flexibility index (Phi) is 4.99. The molecule has 1 aromatic heterocycles. The number of ether oxygens (including phenoxy) is 2. The zero-order chi connectivity index (χ0) is 19.1. The molecule has 0 aliphatic heterocycles. The summed E-state index contributed by atoms with van der Waals surface area (Å²) in [6.45, 7) is 4.68. The van der Waals surface area contributed by atoms with Gasteiger partial charge in [0.25, 0.3) is 0 Å². The molecule has 1 aliphatic carbocycles. The molecule has 0 saturated heterocycles. The SMILES string of the molecule is COc1cc(CN)c(-c2sc3c(c2C(=O)O)CC(C)(C)CC3)cc1OC. The smallest absolute Gasteiger partial charge is 0.337 e. The molecule has 0 bridgehead atoms. The Morgan fingerprint density at radius 1 is 1.27 bits per heavy atom. The highest BCUT2D eigenvalue weighted by Gasteiger charge is 2.33. The van der Waals surface area contributed by atoms with Crippen molar-refractivity contribution < 1.29 is 19.4 Å². The number of aromatic carboxylic acids is 1. The van der Waals surface area contributed by atoms with Gasteiger partial charge in [0.15, 0.2) is 11.5 Å². The second-order valence-corrected chi connectivity index (χ2v) is 8.53. The molecule has 0 radical (unpaired) electrons. The lowest BCUT2D eigenvalue weighted by molar-refractivity contribution is 0.0696. The maximum Gasteiger partial charge on any atom is 0.337 e. The molecule has 26 heavy (non-hydrogen) atoms. The Morgan fingerprint density at radius 3 is 2.50 bits per heavy atom. The lowest BCUT2D eigenvalue weighted by Crippen LogP contribution is -2.22. The minimum absolute atomic E-state index is 0.115. The second kappa shape index (κ2) is 6.93. The molecule has 0 saturated carbocycles. The monoisotopic (exact) mass is 375 g/mol. The minimum Gasteiger partial charge on any atom is -0.493 e. The number of fused-ring (bicyclic) bond motifs is 1. The van der Waals surface area contributed by atoms with Crippen LogP contribution in [0.25, 0.3) is 10.4 Å². The molecule has 0 spiro atoms. The number of carboxylic acids is 1. The van der Waals surface area contributed by atoms with Crippen LogP contribution in [0.1, 0.15) is 46.6 Å². The zero-order valence-corrected chi connectivity index (χ0v) is 16.5. The minimum atomic E-state index is -0.882. The molecule has 0 amide bonds. The van der Waals surface area contributed by atoms with E-state index in [2.05, 4.69) is 13.8 Å². The number of thiophene rings is 1. The quantitative estimate of drug-likeness (QED) is 0.822. The van der Waals surface area contributed by atoms with Crippen LogP contribution in [0.4, 0.5) is 0 Å². The third-order valence-corrected chi connectivity index (χ3v) is 6.39. The van der Waals surface area contributed by atoms with Gasteiger partial charge in [0, 0.05) is 21.9 Å². The van der Waals surface area contributed by atoms with Crippen molar-refractivity contribution in [2.24, 2.45) is 11.1 Å². The summed E-state index contributed by atoms with van der Waals surface area (Å²) >= 11 is 1.57. The van der Waals surface area contributed by atoms with Gasteiger partial charge in [-0.2, -0.15) is 0 Å². The molecule has 1 heterocycles. The van der Waals surface area contributed by atoms with Gasteiger partial charge >= 0.3 is 5.97 Å². The second-order valence-electron chi connectivity index (χ2n) is 7.42. The predicted molar refractivity (Wildman–Crippen MR) is 104 cm³/mol. The van der Waals surface area contributed by atoms with Gasteiger partial charge in [0.05, 0.1) is 19.8 Å². The molecular weight excluding hydrogens is 350 g/mol. The lowest BCUT2D eigenvalue weighted by Gasteiger charge is -2.29. The molecule has 0 atom stereocenters. The Hall–Kier alpha value is -2.05. The largest absolute Gasteiger partial charge is 0.493 e. The molecule has 2 aromatic rings. The first kappa shape index (κ1) is 18.7. The number of aryl methyl sites for hydroxylation is 1. The first-order valence-corrected chi connectivity index (χ1v) is 9.46. The average Bonchev–Trinajstić information content (AvgIpc) is 2.97. The highest BCUT2D eigenvalue weighted by molar-refractivity contribution is 7.16. The number of rotatable bonds is 5. The molecule has 3 rings (SSSR count). The molecule has 1 aliphatic rings. The maximum atomic E-state index is 12.1. The third-order valence-electron chi connectivity index (χ3n) is 5.06. The van der Waals surface area contributed by atoms with Crippen molar-refractivity contribution in [3.05, 3.63) is 33.7 Å². The van der Waals surface area contributed by atoms with E-state index >= 15 is 0 Å². The topological polar surface area (TPSA) is 81.8 Å². The van der Waals surface area contributed by atoms with Crippen molar-refractivity contribution in [2.45, 2.75) is 39.7 Å². The summed E-state index contributed by atoms with van der Waals surface area (Å²) in [6.07, 6.45) is 2.76. The van der Waals surface area contributed by atoms with Crippen molar-refractivity contribution >= 4 is 17.3 Å². The van der Waals surface area contributed by atoms with Crippen molar-refractivity contribution in [3.63, 3.8) is 0 Å². The predicted octanol–water partition coefficient (Wildman–Crippen LogP) is 4.10. The number of nitrogens with two attached hydrogens (primary N) is 1. The molecule has 3 N–H and O–H groups in total. The molecule has 0 fully saturated rings. The lowest BCUT2D eigenvalue weighted by atomic mass is 9.76. The summed E-state index contributed by atoms with van der Waals surface area (Å²) in [5.41, 5.74) is 9.13. The number of carboxylic acid groups (broad SMARTS) is 1. The van der Waals surface area contributed by atoms with Gasteiger partial charge in [-0.05, 0) is 47.9 Å². The summed E-state index contributed by atoms with van der Waals surface area (Å²) in [5, 5.41) is 9.95. The van der Waals surface area contributed by atoms with Crippen LogP contribution < -0.4 is 15.2 Å². The Bertz CT molecular complexity index is 854. The van der Waals surface area contributed by atoms with Crippen LogP contribution in [-0.2, 0) is 19.4 Å². The fourth-order valence-corrected chi connectivity index (χ4v) is 5.00. The number of hydrogen-bond donors (Lipinski definition) is 2. The summed E-state index contributed by atoms with van der Waals surface area (Å²) < 4.78 is 10.8. The van der Waals surface area contributed by atoms with Gasteiger partial charge in [-0.1, -0.05) is 13.8 Å². The van der Waals surface area contributed by atoms with Crippen molar-refractivity contribution in [1.29, 1.82) is 0 Å². The number of carbonyl (C=O) groups is 1. The molecule has 0 unspecified atom stereocenters. The standard InChI is InChI=1S/C20H25NO4S/c1-20(2)6-5-16-13(9-20)17(19(22)23)18(26-16)12-8-15(25-4)14(24-3)7-11(12)10-21/h7-8H,5-6,9-10,21H2,1-4H3,(H,22,23). The van der Waals surface area contributed by atoms with E-state index in [1.165, 1.54) is 4.88 Å². The van der Waals surface area contributed by atoms with Crippen LogP contribution in [-0.4, -0.2) is 25.3 Å². The summed E-state index contributed by atoms with van der Waals surface area (Å²) in [6, 6.07) is 3.68. The van der Waals surface area contributed by atoms with Gasteiger partial charge in [0.1, 0.15) is 0 Å². The van der Waals surface area contributed by atoms with Crippen LogP contribution in [0, 0.1) is 5.41 Å². The van der Waals surface area contributed by atoms with E-state index in [0.717, 1.165) is 40.8 Å². The van der Waals surface area contributed by atoms with E-state index in [9.17, 15) is 9.90 Å². The van der Waals surface area contributed by atoms with E-state index in [4.69, 9.17) is 15.2 Å². The van der Waals surface area contributed by atoms with Crippen LogP contribution in [0.3, 0.4) is 0 Å². The fourth-order valence-electron chi connectivity index (χ4n) is 3.64. The van der Waals surface area contributed by atoms with E-state index in [-0.39, 0.29) is 5.41 Å². The normalized spacial score (nSPS) is 15.4. The van der Waals surface area contributed by atoms with Crippen molar-refractivity contribution in [1.82, 2.24) is 0 Å². The van der Waals surface area contributed by atoms with Gasteiger partial charge in [-0.3, -0.25) is 0 Å². The van der Waals surface area contributed by atoms with Crippen LogP contribution in [0.15, 0.2) is 12.1 Å².